The Morgan fingerprint density at radius 2 is 1.47 bits per heavy atom. The third kappa shape index (κ3) is 5.03. The number of ketones is 4. The summed E-state index contributed by atoms with van der Waals surface area (Å²) in [5.74, 6) is -3.47. The fourth-order valence-corrected chi connectivity index (χ4v) is 14.2. The molecule has 8 aliphatic carbocycles. The summed E-state index contributed by atoms with van der Waals surface area (Å²) < 4.78 is 32.1. The monoisotopic (exact) mass is 770 g/mol. The lowest BCUT2D eigenvalue weighted by Gasteiger charge is -2.63. The van der Waals surface area contributed by atoms with E-state index >= 15 is 8.78 Å². The molecule has 0 aromatic heterocycles. The molecule has 6 fully saturated rings. The van der Waals surface area contributed by atoms with Crippen LogP contribution in [0.25, 0.3) is 0 Å². The first kappa shape index (κ1) is 40.5. The van der Waals surface area contributed by atoms with Crippen molar-refractivity contribution in [3.63, 3.8) is 0 Å². The van der Waals surface area contributed by atoms with Crippen LogP contribution in [-0.2, 0) is 19.2 Å². The van der Waals surface area contributed by atoms with E-state index in [1.54, 1.807) is 26.0 Å². The average Bonchev–Trinajstić information content (AvgIpc) is 3.52. The predicted molar refractivity (Wildman–Crippen MR) is 195 cm³/mol. The molecule has 0 heterocycles. The zero-order chi connectivity index (χ0) is 40.5. The van der Waals surface area contributed by atoms with Gasteiger partial charge >= 0.3 is 0 Å². The average molecular weight is 771 g/mol. The van der Waals surface area contributed by atoms with Crippen LogP contribution in [0.1, 0.15) is 86.0 Å². The lowest BCUT2D eigenvalue weighted by atomic mass is 9.44. The minimum absolute atomic E-state index is 0.00912. The van der Waals surface area contributed by atoms with Crippen LogP contribution in [0.15, 0.2) is 47.6 Å². The first-order valence-electron chi connectivity index (χ1n) is 19.9. The van der Waals surface area contributed by atoms with Gasteiger partial charge in [-0.3, -0.25) is 19.2 Å². The molecule has 302 valence electrons. The molecule has 10 nitrogen and oxygen atoms in total. The van der Waals surface area contributed by atoms with E-state index in [0.717, 1.165) is 30.9 Å². The van der Waals surface area contributed by atoms with Crippen LogP contribution < -0.4 is 0 Å². The summed E-state index contributed by atoms with van der Waals surface area (Å²) in [4.78, 5) is 48.5. The molecule has 0 saturated heterocycles. The number of rotatable bonds is 4. The van der Waals surface area contributed by atoms with Crippen molar-refractivity contribution < 1.29 is 58.6 Å². The minimum Gasteiger partial charge on any atom is -0.393 e. The van der Waals surface area contributed by atoms with Crippen molar-refractivity contribution in [3.8, 4) is 0 Å². The smallest absolute Gasteiger partial charge is 0.190 e. The summed E-state index contributed by atoms with van der Waals surface area (Å²) in [6, 6.07) is 0. The molecule has 0 aromatic carbocycles. The standard InChI is InChI=1S/C22H28F2O5.C21H28O5/c1-11-6-13-14-8-16(23)15-7-12(26)4-5-19(15,2)21(14,24)17(27)9-20(13,3)22(11,29)18(28)10-25;1-19-7-5-13(23)9-12(19)3-4-14-15-6-8-21(26,17(25)11-22)20(15,2)10-16(24)18(14)19/h4-5,7,11,13-14,16-17,25,27,29H,6,8-10H2,1-3H3;5,7,9,14-16,18,22,24,26H,3-4,6,8,10-11H2,1-2H3/t11-,13+,14+,16+,17+,19+,20+,21+,22+;14-,15-,16-,18+,19-,20-,21-/m10/s1. The number of carbonyl (C=O) groups is 4. The number of hydrogen-bond acceptors (Lipinski definition) is 10. The number of hydrogen-bond donors (Lipinski definition) is 6. The van der Waals surface area contributed by atoms with Gasteiger partial charge in [0.2, 0.25) is 0 Å². The highest BCUT2D eigenvalue weighted by Gasteiger charge is 2.76. The fraction of sp³-hybridized carbons (Fsp3) is 0.721. The summed E-state index contributed by atoms with van der Waals surface area (Å²) in [7, 11) is 0. The Hall–Kier alpha value is -2.74. The zero-order valence-corrected chi connectivity index (χ0v) is 32.3. The quantitative estimate of drug-likeness (QED) is 0.247. The van der Waals surface area contributed by atoms with Crippen LogP contribution in [0.2, 0.25) is 0 Å². The van der Waals surface area contributed by atoms with Crippen molar-refractivity contribution in [1.82, 2.24) is 0 Å². The second-order valence-corrected chi connectivity index (χ2v) is 19.0. The Bertz CT molecular complexity index is 1820. The van der Waals surface area contributed by atoms with Gasteiger partial charge in [-0.05, 0) is 112 Å². The Kier molecular flexibility index (Phi) is 9.48. The molecule has 6 saturated carbocycles. The predicted octanol–water partition coefficient (Wildman–Crippen LogP) is 3.40. The lowest BCUT2D eigenvalue weighted by molar-refractivity contribution is -0.223. The highest BCUT2D eigenvalue weighted by atomic mass is 19.1. The Labute approximate surface area is 320 Å². The van der Waals surface area contributed by atoms with Gasteiger partial charge in [0.1, 0.15) is 30.6 Å². The number of aliphatic hydroxyl groups excluding tert-OH is 4. The maximum atomic E-state index is 16.9. The van der Waals surface area contributed by atoms with Crippen LogP contribution in [0, 0.1) is 57.2 Å². The summed E-state index contributed by atoms with van der Waals surface area (Å²) in [5.41, 5.74) is -8.35. The van der Waals surface area contributed by atoms with Crippen LogP contribution >= 0.6 is 0 Å². The summed E-state index contributed by atoms with van der Waals surface area (Å²) in [6.45, 7) is 7.31. The van der Waals surface area contributed by atoms with E-state index in [4.69, 9.17) is 0 Å². The first-order chi connectivity index (χ1) is 25.5. The molecule has 8 aliphatic rings. The molecule has 6 N–H and O–H groups in total. The van der Waals surface area contributed by atoms with Crippen LogP contribution in [0.5, 0.6) is 0 Å². The van der Waals surface area contributed by atoms with Crippen molar-refractivity contribution in [3.05, 3.63) is 47.6 Å². The Morgan fingerprint density at radius 3 is 2.13 bits per heavy atom. The minimum atomic E-state index is -2.24. The molecule has 0 unspecified atom stereocenters. The molecular formula is C43H56F2O10. The number of allylic oxidation sites excluding steroid dienone is 8. The van der Waals surface area contributed by atoms with Gasteiger partial charge in [0, 0.05) is 33.5 Å². The van der Waals surface area contributed by atoms with Gasteiger partial charge in [0.05, 0.1) is 12.2 Å². The molecule has 0 bridgehead atoms. The van der Waals surface area contributed by atoms with Gasteiger partial charge in [-0.15, -0.1) is 0 Å². The Balaban J connectivity index is 0.000000170. The summed E-state index contributed by atoms with van der Waals surface area (Å²) in [5, 5.41) is 63.5. The SMILES string of the molecule is C[C@@H]1C[C@H]2[C@@H]3C[C@H](F)C4=CC(=O)C=C[C@]4(C)[C@@]3(F)[C@@H](O)C[C@]2(C)[C@@]1(O)C(=O)CO.C[C@]12C=CC(=O)C=C1CC[C@@H]1[C@@H]2[C@@H](O)C[C@@]2(C)[C@H]1CC[C@]2(O)C(=O)CO. The zero-order valence-electron chi connectivity index (χ0n) is 32.3. The van der Waals surface area contributed by atoms with Crippen molar-refractivity contribution in [2.75, 3.05) is 13.2 Å². The van der Waals surface area contributed by atoms with Crippen LogP contribution in [0.4, 0.5) is 8.78 Å². The third-order valence-corrected chi connectivity index (χ3v) is 17.0. The van der Waals surface area contributed by atoms with E-state index in [-0.39, 0.29) is 53.8 Å². The molecule has 0 spiro atoms. The summed E-state index contributed by atoms with van der Waals surface area (Å²) >= 11 is 0. The normalized spacial score (nSPS) is 51.9. The number of fused-ring (bicyclic) bond motifs is 10. The first-order valence-corrected chi connectivity index (χ1v) is 19.9. The highest BCUT2D eigenvalue weighted by Crippen LogP contribution is 2.71. The molecule has 8 rings (SSSR count). The topological polar surface area (TPSA) is 190 Å². The van der Waals surface area contributed by atoms with E-state index in [1.165, 1.54) is 19.1 Å². The maximum Gasteiger partial charge on any atom is 0.190 e. The van der Waals surface area contributed by atoms with E-state index in [9.17, 15) is 49.8 Å². The van der Waals surface area contributed by atoms with Gasteiger partial charge in [-0.25, -0.2) is 8.78 Å². The largest absolute Gasteiger partial charge is 0.393 e. The van der Waals surface area contributed by atoms with Crippen LogP contribution in [-0.4, -0.2) is 102 Å². The number of Topliss-reactive ketones (excluding diaryl/α,β-unsaturated/α-hetero) is 2. The van der Waals surface area contributed by atoms with E-state index < -0.39 is 99.8 Å². The molecular weight excluding hydrogens is 714 g/mol. The fourth-order valence-electron chi connectivity index (χ4n) is 14.2. The van der Waals surface area contributed by atoms with Crippen LogP contribution in [0.3, 0.4) is 0 Å². The van der Waals surface area contributed by atoms with Crippen molar-refractivity contribution in [2.45, 2.75) is 121 Å². The number of alkyl halides is 2. The van der Waals surface area contributed by atoms with Crippen molar-refractivity contribution in [2.24, 2.45) is 57.2 Å². The number of carbonyl (C=O) groups excluding carboxylic acids is 4. The molecule has 16 atom stereocenters. The Morgan fingerprint density at radius 1 is 0.836 bits per heavy atom. The molecule has 55 heavy (non-hydrogen) atoms. The molecule has 0 aliphatic heterocycles. The summed E-state index contributed by atoms with van der Waals surface area (Å²) in [6.07, 6.45) is 8.11. The number of aliphatic hydroxyl groups is 6. The number of halogens is 2. The van der Waals surface area contributed by atoms with Gasteiger partial charge in [0.25, 0.3) is 0 Å². The maximum absolute atomic E-state index is 16.9. The second kappa shape index (κ2) is 12.9. The molecule has 0 radical (unpaired) electrons. The highest BCUT2D eigenvalue weighted by molar-refractivity contribution is 6.02. The van der Waals surface area contributed by atoms with Crippen molar-refractivity contribution in [1.29, 1.82) is 0 Å². The third-order valence-electron chi connectivity index (χ3n) is 17.0. The van der Waals surface area contributed by atoms with Gasteiger partial charge in [0.15, 0.2) is 28.8 Å². The molecule has 12 heteroatoms. The van der Waals surface area contributed by atoms with Gasteiger partial charge in [-0.2, -0.15) is 0 Å². The van der Waals surface area contributed by atoms with Crippen molar-refractivity contribution >= 4 is 23.1 Å². The molecule has 0 amide bonds. The second-order valence-electron chi connectivity index (χ2n) is 19.0. The van der Waals surface area contributed by atoms with E-state index in [0.29, 0.717) is 12.8 Å². The molecule has 0 aromatic rings. The van der Waals surface area contributed by atoms with E-state index in [2.05, 4.69) is 6.92 Å². The van der Waals surface area contributed by atoms with E-state index in [1.807, 2.05) is 13.0 Å². The van der Waals surface area contributed by atoms with Gasteiger partial charge < -0.3 is 30.6 Å². The lowest BCUT2D eigenvalue weighted by Crippen LogP contribution is -2.70. The van der Waals surface area contributed by atoms with Gasteiger partial charge in [-0.1, -0.05) is 45.4 Å².